The number of benzene rings is 2. The Bertz CT molecular complexity index is 712. The third-order valence-electron chi connectivity index (χ3n) is 3.23. The zero-order valence-corrected chi connectivity index (χ0v) is 10.6. The van der Waals surface area contributed by atoms with Gasteiger partial charge < -0.3 is 0 Å². The van der Waals surface area contributed by atoms with Crippen molar-refractivity contribution in [3.05, 3.63) is 78.6 Å². The summed E-state index contributed by atoms with van der Waals surface area (Å²) >= 11 is 0. The molecule has 0 fully saturated rings. The van der Waals surface area contributed by atoms with Crippen LogP contribution < -0.4 is 4.57 Å². The van der Waals surface area contributed by atoms with Crippen LogP contribution in [-0.2, 0) is 6.54 Å². The van der Waals surface area contributed by atoms with E-state index in [4.69, 9.17) is 5.41 Å². The van der Waals surface area contributed by atoms with Crippen molar-refractivity contribution in [2.75, 3.05) is 0 Å². The molecule has 0 saturated carbocycles. The Morgan fingerprint density at radius 3 is 2.42 bits per heavy atom. The van der Waals surface area contributed by atoms with E-state index in [0.29, 0.717) is 12.3 Å². The van der Waals surface area contributed by atoms with Crippen LogP contribution in [0.2, 0.25) is 0 Å². The molecule has 0 unspecified atom stereocenters. The van der Waals surface area contributed by atoms with Crippen LogP contribution in [0, 0.1) is 5.41 Å². The fourth-order valence-electron chi connectivity index (χ4n) is 2.30. The zero-order valence-electron chi connectivity index (χ0n) is 10.6. The summed E-state index contributed by atoms with van der Waals surface area (Å²) in [5, 5.41) is 10.7. The van der Waals surface area contributed by atoms with Crippen molar-refractivity contribution in [3.63, 3.8) is 0 Å². The number of pyridine rings is 1. The SMILES string of the molecule is N=C(C[n+]1ccccc1)c1cccc2ccccc12. The van der Waals surface area contributed by atoms with E-state index in [-0.39, 0.29) is 0 Å². The van der Waals surface area contributed by atoms with E-state index in [9.17, 15) is 0 Å². The highest BCUT2D eigenvalue weighted by Gasteiger charge is 2.10. The van der Waals surface area contributed by atoms with Gasteiger partial charge in [0.05, 0.1) is 0 Å². The third-order valence-corrected chi connectivity index (χ3v) is 3.23. The number of hydrogen-bond acceptors (Lipinski definition) is 1. The molecule has 0 atom stereocenters. The van der Waals surface area contributed by atoms with Crippen LogP contribution in [0.3, 0.4) is 0 Å². The molecular weight excluding hydrogens is 232 g/mol. The minimum Gasteiger partial charge on any atom is -0.298 e. The largest absolute Gasteiger partial charge is 0.298 e. The number of hydrogen-bond donors (Lipinski definition) is 1. The van der Waals surface area contributed by atoms with Crippen molar-refractivity contribution < 1.29 is 4.57 Å². The number of nitrogens with zero attached hydrogens (tertiary/aromatic N) is 1. The fourth-order valence-corrected chi connectivity index (χ4v) is 2.30. The molecule has 92 valence electrons. The standard InChI is InChI=1S/C17H15N2/c18-17(13-19-11-4-1-5-12-19)16-10-6-8-14-7-2-3-9-15(14)16/h1-12,18H,13H2/q+1. The molecule has 0 bridgehead atoms. The maximum atomic E-state index is 8.33. The fraction of sp³-hybridized carbons (Fsp3) is 0.0588. The summed E-state index contributed by atoms with van der Waals surface area (Å²) in [7, 11) is 0. The molecule has 3 rings (SSSR count). The highest BCUT2D eigenvalue weighted by atomic mass is 14.9. The molecule has 0 aliphatic rings. The van der Waals surface area contributed by atoms with Crippen LogP contribution in [0.25, 0.3) is 10.8 Å². The monoisotopic (exact) mass is 247 g/mol. The molecule has 2 heteroatoms. The number of aromatic nitrogens is 1. The molecule has 1 aromatic heterocycles. The minimum absolute atomic E-state index is 0.592. The molecule has 1 N–H and O–H groups in total. The topological polar surface area (TPSA) is 27.7 Å². The first-order valence-electron chi connectivity index (χ1n) is 6.34. The zero-order chi connectivity index (χ0) is 13.1. The molecule has 0 amide bonds. The molecule has 2 aromatic carbocycles. The number of nitrogens with one attached hydrogen (secondary N) is 1. The van der Waals surface area contributed by atoms with Gasteiger partial charge >= 0.3 is 0 Å². The maximum Gasteiger partial charge on any atom is 0.190 e. The summed E-state index contributed by atoms with van der Waals surface area (Å²) in [4.78, 5) is 0. The Hall–Kier alpha value is -2.48. The summed E-state index contributed by atoms with van der Waals surface area (Å²) in [6.07, 6.45) is 3.97. The number of rotatable bonds is 3. The van der Waals surface area contributed by atoms with Crippen molar-refractivity contribution in [1.82, 2.24) is 0 Å². The van der Waals surface area contributed by atoms with E-state index in [1.807, 2.05) is 59.4 Å². The molecule has 0 aliphatic heterocycles. The second-order valence-corrected chi connectivity index (χ2v) is 4.55. The molecule has 0 saturated heterocycles. The molecule has 2 nitrogen and oxygen atoms in total. The van der Waals surface area contributed by atoms with Crippen LogP contribution in [-0.4, -0.2) is 5.71 Å². The van der Waals surface area contributed by atoms with Gasteiger partial charge in [0.15, 0.2) is 18.9 Å². The first kappa shape index (κ1) is 11.6. The van der Waals surface area contributed by atoms with Crippen molar-refractivity contribution in [2.45, 2.75) is 6.54 Å². The summed E-state index contributed by atoms with van der Waals surface area (Å²) in [6, 6.07) is 20.3. The third kappa shape index (κ3) is 2.38. The smallest absolute Gasteiger partial charge is 0.190 e. The predicted molar refractivity (Wildman–Crippen MR) is 77.4 cm³/mol. The summed E-state index contributed by atoms with van der Waals surface area (Å²) in [6.45, 7) is 0.592. The van der Waals surface area contributed by atoms with Gasteiger partial charge in [-0.3, -0.25) is 5.41 Å². The van der Waals surface area contributed by atoms with Gasteiger partial charge in [0.1, 0.15) is 5.71 Å². The lowest BCUT2D eigenvalue weighted by molar-refractivity contribution is -0.681. The molecule has 3 aromatic rings. The average Bonchev–Trinajstić information content (AvgIpc) is 2.47. The van der Waals surface area contributed by atoms with E-state index in [1.54, 1.807) is 0 Å². The summed E-state index contributed by atoms with van der Waals surface area (Å²) in [5.41, 5.74) is 1.64. The Morgan fingerprint density at radius 2 is 1.58 bits per heavy atom. The van der Waals surface area contributed by atoms with Crippen LogP contribution in [0.4, 0.5) is 0 Å². The van der Waals surface area contributed by atoms with Gasteiger partial charge in [0, 0.05) is 17.7 Å². The first-order chi connectivity index (χ1) is 9.34. The average molecular weight is 247 g/mol. The molecule has 0 aliphatic carbocycles. The lowest BCUT2D eigenvalue weighted by atomic mass is 10.0. The van der Waals surface area contributed by atoms with Crippen molar-refractivity contribution in [2.24, 2.45) is 0 Å². The normalized spacial score (nSPS) is 10.5. The second-order valence-electron chi connectivity index (χ2n) is 4.55. The maximum absolute atomic E-state index is 8.33. The van der Waals surface area contributed by atoms with Crippen LogP contribution >= 0.6 is 0 Å². The Morgan fingerprint density at radius 1 is 0.842 bits per heavy atom. The molecule has 1 heterocycles. The lowest BCUT2D eigenvalue weighted by Crippen LogP contribution is -2.36. The summed E-state index contributed by atoms with van der Waals surface area (Å²) in [5.74, 6) is 0. The van der Waals surface area contributed by atoms with Crippen LogP contribution in [0.15, 0.2) is 73.1 Å². The van der Waals surface area contributed by atoms with Crippen molar-refractivity contribution in [3.8, 4) is 0 Å². The van der Waals surface area contributed by atoms with Gasteiger partial charge in [-0.05, 0) is 10.8 Å². The first-order valence-corrected chi connectivity index (χ1v) is 6.34. The van der Waals surface area contributed by atoms with Gasteiger partial charge in [0.25, 0.3) is 0 Å². The van der Waals surface area contributed by atoms with Crippen LogP contribution in [0.1, 0.15) is 5.56 Å². The summed E-state index contributed by atoms with van der Waals surface area (Å²) < 4.78 is 2.02. The van der Waals surface area contributed by atoms with E-state index in [0.717, 1.165) is 10.9 Å². The van der Waals surface area contributed by atoms with E-state index < -0.39 is 0 Å². The van der Waals surface area contributed by atoms with Crippen molar-refractivity contribution in [1.29, 1.82) is 5.41 Å². The van der Waals surface area contributed by atoms with Gasteiger partial charge in [-0.25, -0.2) is 0 Å². The van der Waals surface area contributed by atoms with Gasteiger partial charge in [-0.1, -0.05) is 48.5 Å². The number of fused-ring (bicyclic) bond motifs is 1. The molecule has 0 radical (unpaired) electrons. The predicted octanol–water partition coefficient (Wildman–Crippen LogP) is 3.20. The van der Waals surface area contributed by atoms with Gasteiger partial charge in [-0.15, -0.1) is 0 Å². The Balaban J connectivity index is 1.98. The molecule has 0 spiro atoms. The van der Waals surface area contributed by atoms with E-state index in [1.165, 1.54) is 5.39 Å². The van der Waals surface area contributed by atoms with Crippen molar-refractivity contribution >= 4 is 16.5 Å². The lowest BCUT2D eigenvalue weighted by Gasteiger charge is -2.06. The molecule has 19 heavy (non-hydrogen) atoms. The van der Waals surface area contributed by atoms with E-state index in [2.05, 4.69) is 18.2 Å². The van der Waals surface area contributed by atoms with Gasteiger partial charge in [-0.2, -0.15) is 4.57 Å². The quantitative estimate of drug-likeness (QED) is 0.544. The van der Waals surface area contributed by atoms with E-state index >= 15 is 0 Å². The van der Waals surface area contributed by atoms with Crippen LogP contribution in [0.5, 0.6) is 0 Å². The van der Waals surface area contributed by atoms with Gasteiger partial charge in [0.2, 0.25) is 0 Å². The second kappa shape index (κ2) is 5.02. The molecular formula is C17H15N2+. The Kier molecular flexibility index (Phi) is 3.07. The minimum atomic E-state index is 0.592. The Labute approximate surface area is 112 Å². The highest BCUT2D eigenvalue weighted by Crippen LogP contribution is 2.18. The highest BCUT2D eigenvalue weighted by molar-refractivity contribution is 6.08.